The molecule has 0 aliphatic carbocycles. The number of nitrogen functional groups attached to an aromatic ring is 1. The molecule has 0 unspecified atom stereocenters. The number of hydrogen-bond donors (Lipinski definition) is 1. The summed E-state index contributed by atoms with van der Waals surface area (Å²) < 4.78 is 1.41. The van der Waals surface area contributed by atoms with Crippen LogP contribution in [-0.2, 0) is 6.42 Å². The highest BCUT2D eigenvalue weighted by Crippen LogP contribution is 2.24. The van der Waals surface area contributed by atoms with Gasteiger partial charge in [0.15, 0.2) is 0 Å². The number of hydrogen-bond acceptors (Lipinski definition) is 3. The van der Waals surface area contributed by atoms with E-state index >= 15 is 0 Å². The fourth-order valence-electron chi connectivity index (χ4n) is 1.54. The Bertz CT molecular complexity index is 423. The van der Waals surface area contributed by atoms with Crippen LogP contribution in [0, 0.1) is 0 Å². The summed E-state index contributed by atoms with van der Waals surface area (Å²) in [6, 6.07) is 12.4. The van der Waals surface area contributed by atoms with Gasteiger partial charge in [-0.2, -0.15) is 0 Å². The molecule has 0 spiro atoms. The van der Waals surface area contributed by atoms with Gasteiger partial charge >= 0.3 is 0 Å². The summed E-state index contributed by atoms with van der Waals surface area (Å²) >= 11 is 3.75. The minimum absolute atomic E-state index is 0.864. The van der Waals surface area contributed by atoms with Crippen molar-refractivity contribution in [1.82, 2.24) is 0 Å². The second-order valence-electron chi connectivity index (χ2n) is 3.63. The highest BCUT2D eigenvalue weighted by molar-refractivity contribution is 8.01. The van der Waals surface area contributed by atoms with Crippen LogP contribution in [-0.4, -0.2) is 5.75 Å². The van der Waals surface area contributed by atoms with Crippen molar-refractivity contribution in [3.05, 3.63) is 47.3 Å². The van der Waals surface area contributed by atoms with Gasteiger partial charge in [-0.05, 0) is 47.7 Å². The number of aryl methyl sites for hydroxylation is 1. The average molecular weight is 249 g/mol. The van der Waals surface area contributed by atoms with Crippen LogP contribution in [0.25, 0.3) is 0 Å². The maximum Gasteiger partial charge on any atom is 0.0598 e. The Morgan fingerprint density at radius 3 is 2.88 bits per heavy atom. The molecule has 84 valence electrons. The SMILES string of the molecule is Nc1cccc(CCCSc2cccs2)c1. The lowest BCUT2D eigenvalue weighted by Gasteiger charge is -2.02. The van der Waals surface area contributed by atoms with Crippen molar-refractivity contribution in [2.45, 2.75) is 17.1 Å². The van der Waals surface area contributed by atoms with Gasteiger partial charge in [0.25, 0.3) is 0 Å². The van der Waals surface area contributed by atoms with Crippen molar-refractivity contribution in [3.8, 4) is 0 Å². The van der Waals surface area contributed by atoms with Crippen molar-refractivity contribution in [1.29, 1.82) is 0 Å². The summed E-state index contributed by atoms with van der Waals surface area (Å²) in [5.74, 6) is 1.18. The van der Waals surface area contributed by atoms with Crippen LogP contribution >= 0.6 is 23.1 Å². The Labute approximate surface area is 105 Å². The Balaban J connectivity index is 1.72. The molecule has 0 radical (unpaired) electrons. The molecule has 0 amide bonds. The predicted molar refractivity (Wildman–Crippen MR) is 74.2 cm³/mol. The van der Waals surface area contributed by atoms with Crippen molar-refractivity contribution < 1.29 is 0 Å². The second kappa shape index (κ2) is 5.97. The normalized spacial score (nSPS) is 10.5. The third-order valence-electron chi connectivity index (χ3n) is 2.30. The molecule has 3 heteroatoms. The van der Waals surface area contributed by atoms with Gasteiger partial charge in [0, 0.05) is 5.69 Å². The van der Waals surface area contributed by atoms with E-state index in [9.17, 15) is 0 Å². The first kappa shape index (κ1) is 11.6. The summed E-state index contributed by atoms with van der Waals surface area (Å²) in [5, 5.41) is 2.13. The molecule has 16 heavy (non-hydrogen) atoms. The predicted octanol–water partition coefficient (Wildman–Crippen LogP) is 4.06. The molecule has 0 saturated heterocycles. The standard InChI is InChI=1S/C13H15NS2/c14-12-6-1-4-11(10-12)5-2-8-15-13-7-3-9-16-13/h1,3-4,6-7,9-10H,2,5,8,14H2. The van der Waals surface area contributed by atoms with Crippen LogP contribution in [0.3, 0.4) is 0 Å². The monoisotopic (exact) mass is 249 g/mol. The van der Waals surface area contributed by atoms with Crippen LogP contribution < -0.4 is 5.73 Å². The van der Waals surface area contributed by atoms with Crippen LogP contribution in [0.15, 0.2) is 46.0 Å². The first-order valence-electron chi connectivity index (χ1n) is 5.35. The molecule has 0 fully saturated rings. The zero-order valence-electron chi connectivity index (χ0n) is 9.06. The number of thioether (sulfide) groups is 1. The molecular formula is C13H15NS2. The molecular weight excluding hydrogens is 234 g/mol. The van der Waals surface area contributed by atoms with Gasteiger partial charge in [0.1, 0.15) is 0 Å². The zero-order valence-corrected chi connectivity index (χ0v) is 10.7. The topological polar surface area (TPSA) is 26.0 Å². The molecule has 1 aromatic heterocycles. The average Bonchev–Trinajstić information content (AvgIpc) is 2.77. The molecule has 2 aromatic rings. The molecule has 0 bridgehead atoms. The Morgan fingerprint density at radius 1 is 1.19 bits per heavy atom. The number of rotatable bonds is 5. The van der Waals surface area contributed by atoms with Crippen molar-refractivity contribution in [2.75, 3.05) is 11.5 Å². The highest BCUT2D eigenvalue weighted by Gasteiger charge is 1.96. The van der Waals surface area contributed by atoms with E-state index in [-0.39, 0.29) is 0 Å². The summed E-state index contributed by atoms with van der Waals surface area (Å²) in [5.41, 5.74) is 7.94. The van der Waals surface area contributed by atoms with Gasteiger partial charge in [-0.1, -0.05) is 18.2 Å². The third-order valence-corrected chi connectivity index (χ3v) is 4.52. The highest BCUT2D eigenvalue weighted by atomic mass is 32.2. The number of nitrogens with two attached hydrogens (primary N) is 1. The molecule has 0 saturated carbocycles. The number of benzene rings is 1. The zero-order chi connectivity index (χ0) is 11.2. The van der Waals surface area contributed by atoms with E-state index in [2.05, 4.69) is 29.6 Å². The number of thiophene rings is 1. The number of anilines is 1. The second-order valence-corrected chi connectivity index (χ2v) is 5.97. The van der Waals surface area contributed by atoms with Crippen molar-refractivity contribution in [3.63, 3.8) is 0 Å². The first-order valence-corrected chi connectivity index (χ1v) is 7.22. The maximum absolute atomic E-state index is 5.74. The van der Waals surface area contributed by atoms with Gasteiger partial charge in [-0.3, -0.25) is 0 Å². The summed E-state index contributed by atoms with van der Waals surface area (Å²) in [6.45, 7) is 0. The summed E-state index contributed by atoms with van der Waals surface area (Å²) in [4.78, 5) is 0. The maximum atomic E-state index is 5.74. The fraction of sp³-hybridized carbons (Fsp3) is 0.231. The van der Waals surface area contributed by atoms with Gasteiger partial charge in [0.2, 0.25) is 0 Å². The molecule has 2 N–H and O–H groups in total. The van der Waals surface area contributed by atoms with E-state index in [1.54, 1.807) is 0 Å². The van der Waals surface area contributed by atoms with Gasteiger partial charge in [0.05, 0.1) is 4.21 Å². The molecule has 0 atom stereocenters. The summed E-state index contributed by atoms with van der Waals surface area (Å²) in [7, 11) is 0. The third kappa shape index (κ3) is 3.58. The van der Waals surface area contributed by atoms with Crippen LogP contribution in [0.2, 0.25) is 0 Å². The molecule has 1 nitrogen and oxygen atoms in total. The van der Waals surface area contributed by atoms with E-state index in [0.717, 1.165) is 12.1 Å². The van der Waals surface area contributed by atoms with Crippen molar-refractivity contribution in [2.24, 2.45) is 0 Å². The minimum Gasteiger partial charge on any atom is -0.399 e. The van der Waals surface area contributed by atoms with E-state index in [4.69, 9.17) is 5.73 Å². The molecule has 1 aromatic carbocycles. The lowest BCUT2D eigenvalue weighted by molar-refractivity contribution is 0.934. The fourth-order valence-corrected chi connectivity index (χ4v) is 3.35. The van der Waals surface area contributed by atoms with Crippen LogP contribution in [0.1, 0.15) is 12.0 Å². The molecule has 0 aliphatic rings. The summed E-state index contributed by atoms with van der Waals surface area (Å²) in [6.07, 6.45) is 2.31. The molecule has 2 rings (SSSR count). The van der Waals surface area contributed by atoms with Crippen LogP contribution in [0.4, 0.5) is 5.69 Å². The lowest BCUT2D eigenvalue weighted by Crippen LogP contribution is -1.90. The Morgan fingerprint density at radius 2 is 2.12 bits per heavy atom. The molecule has 1 heterocycles. The van der Waals surface area contributed by atoms with Crippen LogP contribution in [0.5, 0.6) is 0 Å². The van der Waals surface area contributed by atoms with E-state index < -0.39 is 0 Å². The van der Waals surface area contributed by atoms with E-state index in [1.165, 1.54) is 21.9 Å². The van der Waals surface area contributed by atoms with Gasteiger partial charge in [-0.15, -0.1) is 23.1 Å². The van der Waals surface area contributed by atoms with E-state index in [1.807, 2.05) is 35.2 Å². The van der Waals surface area contributed by atoms with Crippen molar-refractivity contribution >= 4 is 28.8 Å². The first-order chi connectivity index (χ1) is 7.84. The minimum atomic E-state index is 0.864. The molecule has 0 aliphatic heterocycles. The van der Waals surface area contributed by atoms with Gasteiger partial charge in [-0.25, -0.2) is 0 Å². The smallest absolute Gasteiger partial charge is 0.0598 e. The quantitative estimate of drug-likeness (QED) is 0.491. The van der Waals surface area contributed by atoms with E-state index in [0.29, 0.717) is 0 Å². The van der Waals surface area contributed by atoms with Gasteiger partial charge < -0.3 is 5.73 Å². The Kier molecular flexibility index (Phi) is 4.31. The largest absolute Gasteiger partial charge is 0.399 e. The Hall–Kier alpha value is -0.930. The lowest BCUT2D eigenvalue weighted by atomic mass is 10.1.